The van der Waals surface area contributed by atoms with Gasteiger partial charge < -0.3 is 26.0 Å². The zero-order valence-corrected chi connectivity index (χ0v) is 20.8. The van der Waals surface area contributed by atoms with Gasteiger partial charge in [-0.15, -0.1) is 0 Å². The van der Waals surface area contributed by atoms with Crippen molar-refractivity contribution in [1.82, 2.24) is 19.6 Å². The fraction of sp³-hybridized carbons (Fsp3) is 0.381. The fourth-order valence-corrected chi connectivity index (χ4v) is 4.68. The average molecular weight is 556 g/mol. The lowest BCUT2D eigenvalue weighted by Gasteiger charge is -2.36. The number of primary amides is 1. The number of benzene rings is 1. The molecule has 1 aliphatic heterocycles. The van der Waals surface area contributed by atoms with Crippen LogP contribution in [0.5, 0.6) is 0 Å². The van der Waals surface area contributed by atoms with Gasteiger partial charge in [0.2, 0.25) is 5.91 Å². The summed E-state index contributed by atoms with van der Waals surface area (Å²) < 4.78 is 1.13. The molecule has 0 bridgehead atoms. The van der Waals surface area contributed by atoms with Gasteiger partial charge in [-0.1, -0.05) is 23.7 Å². The molecule has 1 atom stereocenters. The summed E-state index contributed by atoms with van der Waals surface area (Å²) in [6, 6.07) is 5.15. The number of likely N-dealkylation sites (tertiary alicyclic amines) is 1. The monoisotopic (exact) mass is 554 g/mol. The van der Waals surface area contributed by atoms with Crippen molar-refractivity contribution in [3.63, 3.8) is 0 Å². The van der Waals surface area contributed by atoms with E-state index in [4.69, 9.17) is 17.3 Å². The highest BCUT2D eigenvalue weighted by Crippen LogP contribution is 2.36. The number of carbonyl (C=O) groups excluding carboxylic acids is 3. The molecule has 0 aliphatic carbocycles. The lowest BCUT2D eigenvalue weighted by molar-refractivity contribution is -0.123. The molecule has 1 saturated heterocycles. The minimum Gasteiger partial charge on any atom is -0.476 e. The number of halogens is 2. The first-order valence-electron chi connectivity index (χ1n) is 10.4. The molecule has 2 heterocycles. The van der Waals surface area contributed by atoms with Crippen molar-refractivity contribution in [1.29, 1.82) is 0 Å². The Hall–Kier alpha value is -3.12. The molecule has 2 aromatic rings. The molecule has 13 heteroatoms. The molecule has 4 N–H and O–H groups in total. The first kappa shape index (κ1) is 25.5. The normalized spacial score (nSPS) is 15.0. The first-order chi connectivity index (χ1) is 16.0. The van der Waals surface area contributed by atoms with Crippen LogP contribution in [0, 0.1) is 5.92 Å². The van der Waals surface area contributed by atoms with Gasteiger partial charge in [-0.3, -0.25) is 9.59 Å². The van der Waals surface area contributed by atoms with Gasteiger partial charge in [0.1, 0.15) is 11.9 Å². The van der Waals surface area contributed by atoms with E-state index < -0.39 is 23.8 Å². The van der Waals surface area contributed by atoms with Crippen LogP contribution in [0.15, 0.2) is 28.7 Å². The van der Waals surface area contributed by atoms with Gasteiger partial charge in [0, 0.05) is 27.2 Å². The summed E-state index contributed by atoms with van der Waals surface area (Å²) >= 11 is 9.30. The Morgan fingerprint density at radius 3 is 2.38 bits per heavy atom. The number of carboxylic acids is 1. The average Bonchev–Trinajstić information content (AvgIpc) is 3.10. The quantitative estimate of drug-likeness (QED) is 0.499. The Balaban J connectivity index is 1.96. The molecule has 4 amide bonds. The van der Waals surface area contributed by atoms with Gasteiger partial charge >= 0.3 is 12.0 Å². The Morgan fingerprint density at radius 2 is 1.85 bits per heavy atom. The van der Waals surface area contributed by atoms with Crippen LogP contribution in [0.2, 0.25) is 5.02 Å². The van der Waals surface area contributed by atoms with E-state index >= 15 is 0 Å². The van der Waals surface area contributed by atoms with Crippen molar-refractivity contribution in [2.24, 2.45) is 11.7 Å². The summed E-state index contributed by atoms with van der Waals surface area (Å²) in [6.07, 6.45) is 0.871. The van der Waals surface area contributed by atoms with Crippen molar-refractivity contribution in [3.8, 4) is 0 Å². The zero-order valence-electron chi connectivity index (χ0n) is 18.5. The second-order valence-electron chi connectivity index (χ2n) is 8.04. The molecule has 1 aromatic heterocycles. The number of hydrogen-bond donors (Lipinski definition) is 3. The van der Waals surface area contributed by atoms with Crippen LogP contribution < -0.4 is 11.1 Å². The van der Waals surface area contributed by atoms with E-state index in [-0.39, 0.29) is 38.5 Å². The van der Waals surface area contributed by atoms with Gasteiger partial charge in [-0.2, -0.15) is 5.10 Å². The molecule has 1 fully saturated rings. The Bertz CT molecular complexity index is 1130. The number of hydrogen-bond acceptors (Lipinski definition) is 5. The van der Waals surface area contributed by atoms with Gasteiger partial charge in [0.15, 0.2) is 5.69 Å². The van der Waals surface area contributed by atoms with Gasteiger partial charge in [0.25, 0.3) is 5.91 Å². The minimum absolute atomic E-state index is 0.00752. The third kappa shape index (κ3) is 5.17. The number of nitrogens with two attached hydrogens (primary N) is 1. The molecule has 0 radical (unpaired) electrons. The molecule has 11 nitrogen and oxygen atoms in total. The van der Waals surface area contributed by atoms with Crippen LogP contribution >= 0.6 is 27.5 Å². The molecular weight excluding hydrogens is 532 g/mol. The fourth-order valence-electron chi connectivity index (χ4n) is 3.93. The zero-order chi connectivity index (χ0) is 25.2. The summed E-state index contributed by atoms with van der Waals surface area (Å²) in [5.41, 5.74) is 5.50. The van der Waals surface area contributed by atoms with E-state index in [2.05, 4.69) is 26.3 Å². The number of nitrogens with one attached hydrogen (secondary N) is 1. The maximum absolute atomic E-state index is 12.9. The van der Waals surface area contributed by atoms with E-state index in [0.29, 0.717) is 25.9 Å². The second-order valence-corrected chi connectivity index (χ2v) is 9.24. The van der Waals surface area contributed by atoms with Crippen molar-refractivity contribution in [2.75, 3.05) is 32.5 Å². The summed E-state index contributed by atoms with van der Waals surface area (Å²) in [4.78, 5) is 52.6. The number of rotatable bonds is 6. The Labute approximate surface area is 208 Å². The number of carbonyl (C=O) groups is 4. The largest absolute Gasteiger partial charge is 0.476 e. The third-order valence-electron chi connectivity index (χ3n) is 5.60. The smallest absolute Gasteiger partial charge is 0.357 e. The molecule has 1 aliphatic rings. The number of amides is 4. The van der Waals surface area contributed by atoms with E-state index in [0.717, 1.165) is 4.68 Å². The maximum atomic E-state index is 12.9. The lowest BCUT2D eigenvalue weighted by atomic mass is 9.89. The van der Waals surface area contributed by atoms with Crippen molar-refractivity contribution < 1.29 is 24.3 Å². The van der Waals surface area contributed by atoms with Gasteiger partial charge in [-0.25, -0.2) is 14.3 Å². The predicted molar refractivity (Wildman–Crippen MR) is 128 cm³/mol. The molecule has 0 saturated carbocycles. The molecule has 0 spiro atoms. The van der Waals surface area contributed by atoms with Crippen LogP contribution in [0.3, 0.4) is 0 Å². The van der Waals surface area contributed by atoms with Gasteiger partial charge in [-0.05, 0) is 46.8 Å². The highest BCUT2D eigenvalue weighted by molar-refractivity contribution is 9.10. The molecular formula is C21H24BrClN6O5. The van der Waals surface area contributed by atoms with E-state index in [1.165, 1.54) is 11.0 Å². The standard InChI is InChI=1S/C21H24BrClN6O5/c1-27(2)21(34)28-9-7-11(8-10-28)16(17(24)30)29-18(14(22)15(26-29)20(32)33)25-19(31)12-5-3-4-6-13(12)23/h3-6,11,16H,7-10H2,1-2H3,(H2,24,30)(H,25,31)(H,32,33). The molecule has 1 unspecified atom stereocenters. The van der Waals surface area contributed by atoms with E-state index in [1.807, 2.05) is 0 Å². The van der Waals surface area contributed by atoms with Gasteiger partial charge in [0.05, 0.1) is 15.1 Å². The predicted octanol–water partition coefficient (Wildman–Crippen LogP) is 2.67. The number of carboxylic acid groups (broad SMARTS) is 1. The highest BCUT2D eigenvalue weighted by atomic mass is 79.9. The van der Waals surface area contributed by atoms with E-state index in [9.17, 15) is 24.3 Å². The number of nitrogens with zero attached hydrogens (tertiary/aromatic N) is 4. The Kier molecular flexibility index (Phi) is 7.82. The summed E-state index contributed by atoms with van der Waals surface area (Å²) in [7, 11) is 3.31. The Morgan fingerprint density at radius 1 is 1.24 bits per heavy atom. The minimum atomic E-state index is -1.35. The number of piperidine rings is 1. The summed E-state index contributed by atoms with van der Waals surface area (Å²) in [5.74, 6) is -3.07. The van der Waals surface area contributed by atoms with Crippen LogP contribution in [0.25, 0.3) is 0 Å². The molecule has 3 rings (SSSR count). The summed E-state index contributed by atoms with van der Waals surface area (Å²) in [5, 5.41) is 16.5. The van der Waals surface area contributed by atoms with Crippen LogP contribution in [-0.2, 0) is 4.79 Å². The van der Waals surface area contributed by atoms with E-state index in [1.54, 1.807) is 37.2 Å². The van der Waals surface area contributed by atoms with Crippen LogP contribution in [0.1, 0.15) is 39.7 Å². The molecule has 182 valence electrons. The maximum Gasteiger partial charge on any atom is 0.357 e. The lowest BCUT2D eigenvalue weighted by Crippen LogP contribution is -2.46. The molecule has 34 heavy (non-hydrogen) atoms. The number of aromatic carboxylic acids is 1. The SMILES string of the molecule is CN(C)C(=O)N1CCC(C(C(N)=O)n2nc(C(=O)O)c(Br)c2NC(=O)c2ccccc2Cl)CC1. The highest BCUT2D eigenvalue weighted by Gasteiger charge is 2.37. The topological polar surface area (TPSA) is 151 Å². The van der Waals surface area contributed by atoms with Crippen LogP contribution in [-0.4, -0.2) is 75.7 Å². The van der Waals surface area contributed by atoms with Crippen molar-refractivity contribution >= 4 is 57.2 Å². The second kappa shape index (κ2) is 10.4. The third-order valence-corrected chi connectivity index (χ3v) is 6.68. The molecule has 1 aromatic carbocycles. The van der Waals surface area contributed by atoms with Crippen molar-refractivity contribution in [2.45, 2.75) is 18.9 Å². The number of urea groups is 1. The summed E-state index contributed by atoms with van der Waals surface area (Å²) in [6.45, 7) is 0.780. The first-order valence-corrected chi connectivity index (χ1v) is 11.5. The van der Waals surface area contributed by atoms with Crippen molar-refractivity contribution in [3.05, 3.63) is 45.0 Å². The number of anilines is 1. The number of aromatic nitrogens is 2. The van der Waals surface area contributed by atoms with Crippen LogP contribution in [0.4, 0.5) is 10.6 Å².